The number of ether oxygens (including phenoxy) is 4. The molecule has 36 heavy (non-hydrogen) atoms. The monoisotopic (exact) mass is 504 g/mol. The van der Waals surface area contributed by atoms with Gasteiger partial charge in [-0.25, -0.2) is 18.7 Å². The van der Waals surface area contributed by atoms with E-state index in [0.717, 1.165) is 0 Å². The van der Waals surface area contributed by atoms with Crippen molar-refractivity contribution in [2.24, 2.45) is 0 Å². The van der Waals surface area contributed by atoms with Crippen molar-refractivity contribution in [2.45, 2.75) is 51.0 Å². The van der Waals surface area contributed by atoms with Gasteiger partial charge >= 0.3 is 12.2 Å². The SMILES string of the molecule is COC(=O)N([C@@H]1CCN(c2ccc(N3C[C@H](Cn4ccnn4)OC3=O)cc2F)C1)[C@@H]1COC(C)(C)O1. The molecule has 3 fully saturated rings. The van der Waals surface area contributed by atoms with Crippen LogP contribution in [-0.4, -0.2) is 89.6 Å². The van der Waals surface area contributed by atoms with Gasteiger partial charge in [-0.3, -0.25) is 9.80 Å². The van der Waals surface area contributed by atoms with Gasteiger partial charge in [-0.15, -0.1) is 5.10 Å². The van der Waals surface area contributed by atoms with E-state index in [1.807, 2.05) is 4.90 Å². The number of halogens is 1. The molecular formula is C23H29FN6O6. The number of anilines is 2. The molecule has 194 valence electrons. The van der Waals surface area contributed by atoms with Crippen LogP contribution in [0.3, 0.4) is 0 Å². The molecule has 3 atom stereocenters. The summed E-state index contributed by atoms with van der Waals surface area (Å²) in [5.74, 6) is -1.27. The minimum absolute atomic E-state index is 0.228. The highest BCUT2D eigenvalue weighted by Crippen LogP contribution is 2.33. The second-order valence-electron chi connectivity index (χ2n) is 9.43. The number of rotatable bonds is 6. The van der Waals surface area contributed by atoms with Crippen LogP contribution in [0.2, 0.25) is 0 Å². The highest BCUT2D eigenvalue weighted by atomic mass is 19.1. The highest BCUT2D eigenvalue weighted by Gasteiger charge is 2.44. The van der Waals surface area contributed by atoms with E-state index in [1.54, 1.807) is 43.1 Å². The molecule has 3 aliphatic rings. The van der Waals surface area contributed by atoms with Gasteiger partial charge in [0.25, 0.3) is 0 Å². The van der Waals surface area contributed by atoms with Crippen LogP contribution in [0.5, 0.6) is 0 Å². The number of methoxy groups -OCH3 is 1. The van der Waals surface area contributed by atoms with E-state index in [0.29, 0.717) is 37.4 Å². The Kier molecular flexibility index (Phi) is 6.43. The van der Waals surface area contributed by atoms with Crippen molar-refractivity contribution in [3.05, 3.63) is 36.4 Å². The zero-order valence-corrected chi connectivity index (χ0v) is 20.4. The Morgan fingerprint density at radius 2 is 2.17 bits per heavy atom. The number of amides is 2. The van der Waals surface area contributed by atoms with Crippen LogP contribution in [0.15, 0.2) is 30.6 Å². The molecule has 12 nitrogen and oxygen atoms in total. The molecule has 3 aliphatic heterocycles. The standard InChI is InChI=1S/C23H29FN6O6/c1-23(2)34-14-20(36-23)30(22(32)33-3)16-6-8-27(11-16)19-5-4-15(10-18(19)24)29-13-17(35-21(29)31)12-28-9-7-25-26-28/h4-5,7,9-10,16-17,20H,6,8,11-14H2,1-3H3/t16-,17+,20+/m1/s1. The van der Waals surface area contributed by atoms with Crippen molar-refractivity contribution in [3.8, 4) is 0 Å². The molecule has 0 spiro atoms. The molecule has 0 N–H and O–H groups in total. The lowest BCUT2D eigenvalue weighted by atomic mass is 10.2. The van der Waals surface area contributed by atoms with Crippen LogP contribution < -0.4 is 9.80 Å². The number of cyclic esters (lactones) is 1. The van der Waals surface area contributed by atoms with Gasteiger partial charge in [0.05, 0.1) is 50.4 Å². The first kappa shape index (κ1) is 24.3. The van der Waals surface area contributed by atoms with Crippen molar-refractivity contribution in [1.29, 1.82) is 0 Å². The molecule has 1 aromatic carbocycles. The minimum atomic E-state index is -0.803. The molecular weight excluding hydrogens is 475 g/mol. The van der Waals surface area contributed by atoms with Crippen molar-refractivity contribution in [2.75, 3.05) is 43.2 Å². The van der Waals surface area contributed by atoms with Gasteiger partial charge in [-0.05, 0) is 38.5 Å². The predicted molar refractivity (Wildman–Crippen MR) is 124 cm³/mol. The van der Waals surface area contributed by atoms with E-state index in [4.69, 9.17) is 18.9 Å². The van der Waals surface area contributed by atoms with Crippen LogP contribution in [0.1, 0.15) is 20.3 Å². The molecule has 0 saturated carbocycles. The van der Waals surface area contributed by atoms with Crippen LogP contribution >= 0.6 is 0 Å². The van der Waals surface area contributed by atoms with E-state index in [2.05, 4.69) is 10.3 Å². The normalized spacial score (nSPS) is 25.3. The molecule has 13 heteroatoms. The molecule has 0 aliphatic carbocycles. The molecule has 3 saturated heterocycles. The predicted octanol–water partition coefficient (Wildman–Crippen LogP) is 2.20. The second kappa shape index (κ2) is 9.54. The third kappa shape index (κ3) is 4.80. The van der Waals surface area contributed by atoms with Gasteiger partial charge in [0.15, 0.2) is 12.0 Å². The maximum absolute atomic E-state index is 15.2. The number of carbonyl (C=O) groups excluding carboxylic acids is 2. The molecule has 5 rings (SSSR count). The van der Waals surface area contributed by atoms with Gasteiger partial charge in [-0.2, -0.15) is 0 Å². The number of hydrogen-bond acceptors (Lipinski definition) is 9. The molecule has 1 aromatic heterocycles. The first-order valence-electron chi connectivity index (χ1n) is 11.8. The molecule has 0 bridgehead atoms. The molecule has 4 heterocycles. The summed E-state index contributed by atoms with van der Waals surface area (Å²) in [5, 5.41) is 7.62. The van der Waals surface area contributed by atoms with Crippen LogP contribution in [0, 0.1) is 5.82 Å². The second-order valence-corrected chi connectivity index (χ2v) is 9.43. The van der Waals surface area contributed by atoms with Crippen LogP contribution in [0.25, 0.3) is 0 Å². The van der Waals surface area contributed by atoms with Gasteiger partial charge in [-0.1, -0.05) is 5.21 Å². The summed E-state index contributed by atoms with van der Waals surface area (Å²) < 4.78 is 38.7. The summed E-state index contributed by atoms with van der Waals surface area (Å²) >= 11 is 0. The van der Waals surface area contributed by atoms with Gasteiger partial charge < -0.3 is 23.8 Å². The Labute approximate surface area is 207 Å². The van der Waals surface area contributed by atoms with E-state index in [1.165, 1.54) is 23.0 Å². The molecule has 0 radical (unpaired) electrons. The number of benzene rings is 1. The van der Waals surface area contributed by atoms with Gasteiger partial charge in [0.2, 0.25) is 0 Å². The Bertz CT molecular complexity index is 1110. The fourth-order valence-corrected chi connectivity index (χ4v) is 4.89. The number of carbonyl (C=O) groups is 2. The number of aromatic nitrogens is 3. The third-order valence-electron chi connectivity index (χ3n) is 6.57. The van der Waals surface area contributed by atoms with Crippen molar-refractivity contribution >= 4 is 23.6 Å². The summed E-state index contributed by atoms with van der Waals surface area (Å²) in [5.41, 5.74) is 0.801. The van der Waals surface area contributed by atoms with Crippen molar-refractivity contribution < 1.29 is 32.9 Å². The van der Waals surface area contributed by atoms with E-state index in [9.17, 15) is 9.59 Å². The van der Waals surface area contributed by atoms with Crippen molar-refractivity contribution in [1.82, 2.24) is 19.9 Å². The topological polar surface area (TPSA) is 111 Å². The van der Waals surface area contributed by atoms with Crippen LogP contribution in [-0.2, 0) is 25.5 Å². The molecule has 2 aromatic rings. The summed E-state index contributed by atoms with van der Waals surface area (Å²) in [7, 11) is 1.32. The average molecular weight is 505 g/mol. The van der Waals surface area contributed by atoms with Gasteiger partial charge in [0.1, 0.15) is 11.9 Å². The Morgan fingerprint density at radius 1 is 1.33 bits per heavy atom. The van der Waals surface area contributed by atoms with Crippen molar-refractivity contribution in [3.63, 3.8) is 0 Å². The fraction of sp³-hybridized carbons (Fsp3) is 0.565. The Hall–Kier alpha value is -3.45. The average Bonchev–Trinajstić information content (AvgIpc) is 3.63. The van der Waals surface area contributed by atoms with Gasteiger partial charge in [0, 0.05) is 19.3 Å². The summed E-state index contributed by atoms with van der Waals surface area (Å²) in [6.07, 6.45) is 1.78. The lowest BCUT2D eigenvalue weighted by Gasteiger charge is -2.32. The summed E-state index contributed by atoms with van der Waals surface area (Å²) in [6, 6.07) is 4.42. The fourth-order valence-electron chi connectivity index (χ4n) is 4.89. The van der Waals surface area contributed by atoms with E-state index >= 15 is 4.39 Å². The summed E-state index contributed by atoms with van der Waals surface area (Å²) in [6.45, 7) is 5.37. The quantitative estimate of drug-likeness (QED) is 0.584. The highest BCUT2D eigenvalue weighted by molar-refractivity contribution is 5.90. The lowest BCUT2D eigenvalue weighted by Crippen LogP contribution is -2.50. The number of hydrogen-bond donors (Lipinski definition) is 0. The smallest absolute Gasteiger partial charge is 0.414 e. The minimum Gasteiger partial charge on any atom is -0.453 e. The molecule has 0 unspecified atom stereocenters. The zero-order chi connectivity index (χ0) is 25.4. The summed E-state index contributed by atoms with van der Waals surface area (Å²) in [4.78, 5) is 29.8. The number of nitrogens with zero attached hydrogens (tertiary/aromatic N) is 6. The zero-order valence-electron chi connectivity index (χ0n) is 20.4. The Balaban J connectivity index is 1.26. The van der Waals surface area contributed by atoms with E-state index < -0.39 is 36.1 Å². The third-order valence-corrected chi connectivity index (χ3v) is 6.57. The Morgan fingerprint density at radius 3 is 2.83 bits per heavy atom. The maximum atomic E-state index is 15.2. The molecule has 2 amide bonds. The largest absolute Gasteiger partial charge is 0.453 e. The maximum Gasteiger partial charge on any atom is 0.414 e. The van der Waals surface area contributed by atoms with E-state index in [-0.39, 0.29) is 19.2 Å². The first-order valence-corrected chi connectivity index (χ1v) is 11.8. The first-order chi connectivity index (χ1) is 17.2. The lowest BCUT2D eigenvalue weighted by molar-refractivity contribution is -0.158. The van der Waals surface area contributed by atoms with Crippen LogP contribution in [0.4, 0.5) is 25.4 Å².